The van der Waals surface area contributed by atoms with E-state index >= 15 is 0 Å². The van der Waals surface area contributed by atoms with Gasteiger partial charge >= 0.3 is 0 Å². The third kappa shape index (κ3) is 1.96. The Bertz CT molecular complexity index is 530. The number of rotatable bonds is 2. The van der Waals surface area contributed by atoms with Crippen LogP contribution in [0.2, 0.25) is 0 Å². The van der Waals surface area contributed by atoms with Gasteiger partial charge in [-0.05, 0) is 41.8 Å². The average Bonchev–Trinajstić information content (AvgIpc) is 2.30. The molecule has 0 bridgehead atoms. The molecule has 2 heteroatoms. The predicted octanol–water partition coefficient (Wildman–Crippen LogP) is 3.18. The standard InChI is InChI=1S/C14H12O2/c1-10-5-6-11(9-15)7-14(10)12-3-2-4-13(16)8-12/h2-9,16H,1H3. The summed E-state index contributed by atoms with van der Waals surface area (Å²) in [4.78, 5) is 10.7. The largest absolute Gasteiger partial charge is 0.508 e. The molecule has 0 unspecified atom stereocenters. The van der Waals surface area contributed by atoms with Crippen molar-refractivity contribution in [3.05, 3.63) is 53.6 Å². The highest BCUT2D eigenvalue weighted by molar-refractivity contribution is 5.80. The molecular weight excluding hydrogens is 200 g/mol. The highest BCUT2D eigenvalue weighted by Crippen LogP contribution is 2.26. The number of aldehydes is 1. The van der Waals surface area contributed by atoms with Crippen LogP contribution in [0.15, 0.2) is 42.5 Å². The molecule has 2 rings (SSSR count). The maximum atomic E-state index is 10.7. The smallest absolute Gasteiger partial charge is 0.150 e. The van der Waals surface area contributed by atoms with Gasteiger partial charge in [-0.2, -0.15) is 0 Å². The maximum absolute atomic E-state index is 10.7. The molecule has 2 aromatic rings. The van der Waals surface area contributed by atoms with Crippen LogP contribution in [0.3, 0.4) is 0 Å². The van der Waals surface area contributed by atoms with E-state index in [0.717, 1.165) is 23.0 Å². The van der Waals surface area contributed by atoms with Crippen LogP contribution in [0.5, 0.6) is 5.75 Å². The first-order valence-corrected chi connectivity index (χ1v) is 5.06. The van der Waals surface area contributed by atoms with Gasteiger partial charge in [0.15, 0.2) is 0 Å². The fraction of sp³-hybridized carbons (Fsp3) is 0.0714. The van der Waals surface area contributed by atoms with Crippen molar-refractivity contribution in [2.75, 3.05) is 0 Å². The minimum absolute atomic E-state index is 0.230. The summed E-state index contributed by atoms with van der Waals surface area (Å²) in [6.45, 7) is 1.98. The highest BCUT2D eigenvalue weighted by Gasteiger charge is 2.03. The van der Waals surface area contributed by atoms with Gasteiger partial charge in [-0.15, -0.1) is 0 Å². The second-order valence-electron chi connectivity index (χ2n) is 3.74. The van der Waals surface area contributed by atoms with E-state index in [0.29, 0.717) is 5.56 Å². The van der Waals surface area contributed by atoms with Crippen molar-refractivity contribution in [2.45, 2.75) is 6.92 Å². The van der Waals surface area contributed by atoms with Gasteiger partial charge in [-0.1, -0.05) is 24.3 Å². The van der Waals surface area contributed by atoms with Gasteiger partial charge in [-0.3, -0.25) is 4.79 Å². The molecule has 0 atom stereocenters. The summed E-state index contributed by atoms with van der Waals surface area (Å²) in [5, 5.41) is 9.42. The van der Waals surface area contributed by atoms with E-state index in [4.69, 9.17) is 0 Å². The molecule has 0 aliphatic carbocycles. The zero-order valence-corrected chi connectivity index (χ0v) is 8.97. The van der Waals surface area contributed by atoms with Crippen molar-refractivity contribution < 1.29 is 9.90 Å². The Kier molecular flexibility index (Phi) is 2.73. The van der Waals surface area contributed by atoms with Gasteiger partial charge < -0.3 is 5.11 Å². The van der Waals surface area contributed by atoms with Crippen molar-refractivity contribution in [3.8, 4) is 16.9 Å². The van der Waals surface area contributed by atoms with Crippen LogP contribution in [0.25, 0.3) is 11.1 Å². The predicted molar refractivity (Wildman–Crippen MR) is 63.7 cm³/mol. The van der Waals surface area contributed by atoms with Gasteiger partial charge in [0.1, 0.15) is 12.0 Å². The Morgan fingerprint density at radius 2 is 1.94 bits per heavy atom. The van der Waals surface area contributed by atoms with Crippen LogP contribution in [-0.2, 0) is 0 Å². The van der Waals surface area contributed by atoms with E-state index in [1.54, 1.807) is 24.3 Å². The molecule has 1 N–H and O–H groups in total. The first-order valence-electron chi connectivity index (χ1n) is 5.06. The van der Waals surface area contributed by atoms with Gasteiger partial charge in [0, 0.05) is 5.56 Å². The molecular formula is C14H12O2. The number of hydrogen-bond acceptors (Lipinski definition) is 2. The van der Waals surface area contributed by atoms with E-state index < -0.39 is 0 Å². The zero-order chi connectivity index (χ0) is 11.5. The number of carbonyl (C=O) groups is 1. The highest BCUT2D eigenvalue weighted by atomic mass is 16.3. The number of hydrogen-bond donors (Lipinski definition) is 1. The van der Waals surface area contributed by atoms with Gasteiger partial charge in [0.2, 0.25) is 0 Å². The van der Waals surface area contributed by atoms with Crippen molar-refractivity contribution in [1.82, 2.24) is 0 Å². The van der Waals surface area contributed by atoms with Crippen molar-refractivity contribution in [1.29, 1.82) is 0 Å². The summed E-state index contributed by atoms with van der Waals surface area (Å²) >= 11 is 0. The van der Waals surface area contributed by atoms with Crippen molar-refractivity contribution >= 4 is 6.29 Å². The zero-order valence-electron chi connectivity index (χ0n) is 8.97. The monoisotopic (exact) mass is 212 g/mol. The number of benzene rings is 2. The molecule has 2 nitrogen and oxygen atoms in total. The quantitative estimate of drug-likeness (QED) is 0.776. The normalized spacial score (nSPS) is 10.1. The SMILES string of the molecule is Cc1ccc(C=O)cc1-c1cccc(O)c1. The third-order valence-electron chi connectivity index (χ3n) is 2.55. The average molecular weight is 212 g/mol. The molecule has 0 radical (unpaired) electrons. The van der Waals surface area contributed by atoms with Gasteiger partial charge in [-0.25, -0.2) is 0 Å². The van der Waals surface area contributed by atoms with Gasteiger partial charge in [0.05, 0.1) is 0 Å². The van der Waals surface area contributed by atoms with E-state index in [1.165, 1.54) is 0 Å². The van der Waals surface area contributed by atoms with Crippen molar-refractivity contribution in [3.63, 3.8) is 0 Å². The summed E-state index contributed by atoms with van der Waals surface area (Å²) < 4.78 is 0. The molecule has 0 aliphatic rings. The molecule has 0 aliphatic heterocycles. The summed E-state index contributed by atoms with van der Waals surface area (Å²) in [6.07, 6.45) is 0.825. The fourth-order valence-electron chi connectivity index (χ4n) is 1.70. The fourth-order valence-corrected chi connectivity index (χ4v) is 1.70. The second kappa shape index (κ2) is 4.19. The third-order valence-corrected chi connectivity index (χ3v) is 2.55. The Balaban J connectivity index is 2.58. The minimum Gasteiger partial charge on any atom is -0.508 e. The molecule has 16 heavy (non-hydrogen) atoms. The Morgan fingerprint density at radius 3 is 2.62 bits per heavy atom. The lowest BCUT2D eigenvalue weighted by molar-refractivity contribution is 0.112. The van der Waals surface area contributed by atoms with Crippen LogP contribution in [0.1, 0.15) is 15.9 Å². The van der Waals surface area contributed by atoms with Crippen LogP contribution in [0, 0.1) is 6.92 Å². The van der Waals surface area contributed by atoms with E-state index in [-0.39, 0.29) is 5.75 Å². The molecule has 0 heterocycles. The number of aromatic hydroxyl groups is 1. The van der Waals surface area contributed by atoms with Gasteiger partial charge in [0.25, 0.3) is 0 Å². The number of phenolic OH excluding ortho intramolecular Hbond substituents is 1. The first kappa shape index (κ1) is 10.4. The molecule has 0 spiro atoms. The van der Waals surface area contributed by atoms with Crippen LogP contribution < -0.4 is 0 Å². The Hall–Kier alpha value is -2.09. The number of phenols is 1. The van der Waals surface area contributed by atoms with E-state index in [2.05, 4.69) is 0 Å². The summed E-state index contributed by atoms with van der Waals surface area (Å²) in [6, 6.07) is 12.5. The summed E-state index contributed by atoms with van der Waals surface area (Å²) in [7, 11) is 0. The Labute approximate surface area is 94.2 Å². The first-order chi connectivity index (χ1) is 7.70. The molecule has 0 amide bonds. The molecule has 0 saturated carbocycles. The molecule has 2 aromatic carbocycles. The lowest BCUT2D eigenvalue weighted by atomic mass is 9.98. The number of aryl methyl sites for hydroxylation is 1. The molecule has 0 aromatic heterocycles. The second-order valence-corrected chi connectivity index (χ2v) is 3.74. The Morgan fingerprint density at radius 1 is 1.12 bits per heavy atom. The number of carbonyl (C=O) groups excluding carboxylic acids is 1. The summed E-state index contributed by atoms with van der Waals surface area (Å²) in [5.41, 5.74) is 3.61. The molecule has 0 fully saturated rings. The minimum atomic E-state index is 0.230. The van der Waals surface area contributed by atoms with Crippen molar-refractivity contribution in [2.24, 2.45) is 0 Å². The van der Waals surface area contributed by atoms with E-state index in [9.17, 15) is 9.90 Å². The lowest BCUT2D eigenvalue weighted by Gasteiger charge is -2.07. The summed E-state index contributed by atoms with van der Waals surface area (Å²) in [5.74, 6) is 0.230. The molecule has 0 saturated heterocycles. The van der Waals surface area contributed by atoms with Crippen LogP contribution in [0.4, 0.5) is 0 Å². The molecule has 80 valence electrons. The maximum Gasteiger partial charge on any atom is 0.150 e. The van der Waals surface area contributed by atoms with Crippen LogP contribution in [-0.4, -0.2) is 11.4 Å². The lowest BCUT2D eigenvalue weighted by Crippen LogP contribution is -1.87. The van der Waals surface area contributed by atoms with E-state index in [1.807, 2.05) is 25.1 Å². The topological polar surface area (TPSA) is 37.3 Å². The van der Waals surface area contributed by atoms with Crippen LogP contribution >= 0.6 is 0 Å².